The van der Waals surface area contributed by atoms with Gasteiger partial charge in [0.15, 0.2) is 0 Å². The van der Waals surface area contributed by atoms with E-state index < -0.39 is 0 Å². The number of aromatic nitrogens is 1. The zero-order chi connectivity index (χ0) is 18.5. The molecule has 26 heavy (non-hydrogen) atoms. The molecule has 2 aliphatic rings. The first-order chi connectivity index (χ1) is 12.3. The molecule has 0 saturated carbocycles. The van der Waals surface area contributed by atoms with E-state index in [0.29, 0.717) is 0 Å². The van der Waals surface area contributed by atoms with E-state index in [4.69, 9.17) is 4.74 Å². The number of fused-ring (bicyclic) bond motifs is 4. The first kappa shape index (κ1) is 17.4. The number of carbonyl (C=O) groups is 1. The van der Waals surface area contributed by atoms with Crippen LogP contribution in [0, 0.1) is 5.41 Å². The maximum atomic E-state index is 12.6. The Bertz CT molecular complexity index is 839. The summed E-state index contributed by atoms with van der Waals surface area (Å²) in [5, 5.41) is 5.05. The molecule has 2 aromatic rings. The van der Waals surface area contributed by atoms with Crippen LogP contribution in [0.3, 0.4) is 0 Å². The fourth-order valence-corrected chi connectivity index (χ4v) is 4.53. The third-order valence-electron chi connectivity index (χ3n) is 5.98. The molecule has 1 aromatic heterocycles. The SMILES string of the molecule is COc1ccc2[nH]c3c(c2c1)CCNC31CCN(C(=O)C(C)(C)C)CC1. The summed E-state index contributed by atoms with van der Waals surface area (Å²) in [6.45, 7) is 8.60. The molecule has 2 N–H and O–H groups in total. The Balaban J connectivity index is 1.66. The molecule has 0 radical (unpaired) electrons. The van der Waals surface area contributed by atoms with Crippen molar-refractivity contribution in [2.24, 2.45) is 5.41 Å². The minimum atomic E-state index is -0.312. The highest BCUT2D eigenvalue weighted by atomic mass is 16.5. The first-order valence-corrected chi connectivity index (χ1v) is 9.57. The molecule has 140 valence electrons. The lowest BCUT2D eigenvalue weighted by atomic mass is 9.78. The van der Waals surface area contributed by atoms with Gasteiger partial charge in [0.05, 0.1) is 12.6 Å². The van der Waals surface area contributed by atoms with Crippen LogP contribution in [0.15, 0.2) is 18.2 Å². The van der Waals surface area contributed by atoms with Gasteiger partial charge in [-0.1, -0.05) is 20.8 Å². The summed E-state index contributed by atoms with van der Waals surface area (Å²) in [7, 11) is 1.71. The third kappa shape index (κ3) is 2.69. The van der Waals surface area contributed by atoms with Crippen LogP contribution in [0.2, 0.25) is 0 Å². The van der Waals surface area contributed by atoms with E-state index in [1.165, 1.54) is 22.2 Å². The van der Waals surface area contributed by atoms with Gasteiger partial charge in [0.25, 0.3) is 0 Å². The normalized spacial score (nSPS) is 19.6. The highest BCUT2D eigenvalue weighted by molar-refractivity contribution is 5.87. The Morgan fingerprint density at radius 2 is 1.96 bits per heavy atom. The number of aromatic amines is 1. The number of amides is 1. The molecule has 3 heterocycles. The number of methoxy groups -OCH3 is 1. The number of piperidine rings is 1. The van der Waals surface area contributed by atoms with Gasteiger partial charge >= 0.3 is 0 Å². The van der Waals surface area contributed by atoms with Crippen molar-refractivity contribution in [2.45, 2.75) is 45.6 Å². The molecule has 2 aliphatic heterocycles. The Morgan fingerprint density at radius 3 is 2.62 bits per heavy atom. The number of rotatable bonds is 1. The summed E-state index contributed by atoms with van der Waals surface area (Å²) in [6, 6.07) is 6.26. The van der Waals surface area contributed by atoms with Crippen molar-refractivity contribution < 1.29 is 9.53 Å². The predicted octanol–water partition coefficient (Wildman–Crippen LogP) is 3.19. The Kier molecular flexibility index (Phi) is 4.03. The molecule has 1 fully saturated rings. The van der Waals surface area contributed by atoms with Crippen LogP contribution in [0.4, 0.5) is 0 Å². The van der Waals surface area contributed by atoms with Gasteiger partial charge in [-0.25, -0.2) is 0 Å². The van der Waals surface area contributed by atoms with Crippen LogP contribution >= 0.6 is 0 Å². The second kappa shape index (κ2) is 6.02. The smallest absolute Gasteiger partial charge is 0.227 e. The quantitative estimate of drug-likeness (QED) is 0.826. The zero-order valence-electron chi connectivity index (χ0n) is 16.2. The van der Waals surface area contributed by atoms with Gasteiger partial charge in [0.1, 0.15) is 5.75 Å². The molecular weight excluding hydrogens is 326 g/mol. The monoisotopic (exact) mass is 355 g/mol. The number of benzene rings is 1. The van der Waals surface area contributed by atoms with Crippen molar-refractivity contribution in [1.29, 1.82) is 0 Å². The van der Waals surface area contributed by atoms with Crippen LogP contribution in [-0.2, 0) is 16.8 Å². The number of nitrogens with one attached hydrogen (secondary N) is 2. The van der Waals surface area contributed by atoms with Crippen LogP contribution in [0.25, 0.3) is 10.9 Å². The molecule has 0 aliphatic carbocycles. The summed E-state index contributed by atoms with van der Waals surface area (Å²) in [6.07, 6.45) is 2.92. The van der Waals surface area contributed by atoms with Gasteiger partial charge in [0, 0.05) is 41.6 Å². The molecule has 1 aromatic carbocycles. The molecule has 1 amide bonds. The Labute approximate surface area is 155 Å². The Hall–Kier alpha value is -2.01. The topological polar surface area (TPSA) is 57.4 Å². The molecule has 4 rings (SSSR count). The van der Waals surface area contributed by atoms with Crippen LogP contribution in [0.5, 0.6) is 5.75 Å². The highest BCUT2D eigenvalue weighted by Crippen LogP contribution is 2.41. The summed E-state index contributed by atoms with van der Waals surface area (Å²) < 4.78 is 5.42. The maximum Gasteiger partial charge on any atom is 0.227 e. The summed E-state index contributed by atoms with van der Waals surface area (Å²) in [4.78, 5) is 18.3. The van der Waals surface area contributed by atoms with Gasteiger partial charge in [-0.3, -0.25) is 4.79 Å². The summed E-state index contributed by atoms with van der Waals surface area (Å²) >= 11 is 0. The molecule has 0 atom stereocenters. The van der Waals surface area contributed by atoms with Crippen molar-refractivity contribution in [3.05, 3.63) is 29.5 Å². The van der Waals surface area contributed by atoms with Gasteiger partial charge in [-0.05, 0) is 43.0 Å². The van der Waals surface area contributed by atoms with Gasteiger partial charge in [0.2, 0.25) is 5.91 Å². The highest BCUT2D eigenvalue weighted by Gasteiger charge is 2.43. The zero-order valence-corrected chi connectivity index (χ0v) is 16.2. The average molecular weight is 355 g/mol. The number of hydrogen-bond donors (Lipinski definition) is 2. The van der Waals surface area contributed by atoms with Crippen molar-refractivity contribution in [2.75, 3.05) is 26.7 Å². The minimum absolute atomic E-state index is 0.0471. The second-order valence-corrected chi connectivity index (χ2v) is 8.69. The maximum absolute atomic E-state index is 12.6. The number of H-pyrrole nitrogens is 1. The fourth-order valence-electron chi connectivity index (χ4n) is 4.53. The van der Waals surface area contributed by atoms with E-state index in [0.717, 1.165) is 44.6 Å². The van der Waals surface area contributed by atoms with E-state index in [9.17, 15) is 4.79 Å². The standard InChI is InChI=1S/C21H29N3O2/c1-20(2,3)19(25)24-11-8-21(9-12-24)18-15(7-10-22-21)16-13-14(26-4)5-6-17(16)23-18/h5-6,13,22-23H,7-12H2,1-4H3. The molecule has 0 unspecified atom stereocenters. The van der Waals surface area contributed by atoms with E-state index >= 15 is 0 Å². The molecule has 1 saturated heterocycles. The van der Waals surface area contributed by atoms with Crippen molar-refractivity contribution in [1.82, 2.24) is 15.2 Å². The lowest BCUT2D eigenvalue weighted by molar-refractivity contribution is -0.141. The first-order valence-electron chi connectivity index (χ1n) is 9.57. The lowest BCUT2D eigenvalue weighted by Crippen LogP contribution is -2.56. The lowest BCUT2D eigenvalue weighted by Gasteiger charge is -2.45. The van der Waals surface area contributed by atoms with Crippen molar-refractivity contribution in [3.63, 3.8) is 0 Å². The van der Waals surface area contributed by atoms with Crippen LogP contribution in [-0.4, -0.2) is 42.5 Å². The van der Waals surface area contributed by atoms with E-state index in [1.807, 2.05) is 31.7 Å². The summed E-state index contributed by atoms with van der Waals surface area (Å²) in [5.41, 5.74) is 3.54. The Morgan fingerprint density at radius 1 is 1.23 bits per heavy atom. The molecular formula is C21H29N3O2. The number of ether oxygens (including phenoxy) is 1. The minimum Gasteiger partial charge on any atom is -0.497 e. The van der Waals surface area contributed by atoms with E-state index in [2.05, 4.69) is 22.4 Å². The fraction of sp³-hybridized carbons (Fsp3) is 0.571. The molecule has 0 bridgehead atoms. The molecule has 5 heteroatoms. The van der Waals surface area contributed by atoms with Gasteiger partial charge < -0.3 is 19.9 Å². The average Bonchev–Trinajstić information content (AvgIpc) is 3.00. The number of likely N-dealkylation sites (tertiary alicyclic amines) is 1. The van der Waals surface area contributed by atoms with Gasteiger partial charge in [-0.15, -0.1) is 0 Å². The van der Waals surface area contributed by atoms with E-state index in [-0.39, 0.29) is 16.9 Å². The van der Waals surface area contributed by atoms with Crippen LogP contribution in [0.1, 0.15) is 44.9 Å². The predicted molar refractivity (Wildman–Crippen MR) is 104 cm³/mol. The molecule has 1 spiro atoms. The van der Waals surface area contributed by atoms with Crippen LogP contribution < -0.4 is 10.1 Å². The van der Waals surface area contributed by atoms with Crippen molar-refractivity contribution in [3.8, 4) is 5.75 Å². The van der Waals surface area contributed by atoms with Crippen molar-refractivity contribution >= 4 is 16.8 Å². The van der Waals surface area contributed by atoms with E-state index in [1.54, 1.807) is 7.11 Å². The number of hydrogen-bond acceptors (Lipinski definition) is 3. The van der Waals surface area contributed by atoms with Gasteiger partial charge in [-0.2, -0.15) is 0 Å². The molecule has 5 nitrogen and oxygen atoms in total. The summed E-state index contributed by atoms with van der Waals surface area (Å²) in [5.74, 6) is 1.15. The number of nitrogens with zero attached hydrogens (tertiary/aromatic N) is 1. The third-order valence-corrected chi connectivity index (χ3v) is 5.98. The number of carbonyl (C=O) groups excluding carboxylic acids is 1. The largest absolute Gasteiger partial charge is 0.497 e. The second-order valence-electron chi connectivity index (χ2n) is 8.69.